The number of hydrogen-bond acceptors (Lipinski definition) is 8. The monoisotopic (exact) mass is 529 g/mol. The average Bonchev–Trinajstić information content (AvgIpc) is 3.66. The molecule has 0 amide bonds. The molecule has 0 saturated heterocycles. The first-order valence-corrected chi connectivity index (χ1v) is 12.5. The molecule has 6 rings (SSSR count). The third kappa shape index (κ3) is 4.17. The van der Waals surface area contributed by atoms with Gasteiger partial charge in [0.25, 0.3) is 0 Å². The molecule has 1 aliphatic rings. The maximum Gasteiger partial charge on any atom is 0.305 e. The highest BCUT2D eigenvalue weighted by atomic mass is 16.4. The van der Waals surface area contributed by atoms with Gasteiger partial charge in [-0.2, -0.15) is 9.94 Å². The Labute approximate surface area is 229 Å². The zero-order valence-corrected chi connectivity index (χ0v) is 21.7. The number of imidazole rings is 1. The van der Waals surface area contributed by atoms with Gasteiger partial charge >= 0.3 is 5.97 Å². The third-order valence-corrected chi connectivity index (χ3v) is 6.69. The van der Waals surface area contributed by atoms with Crippen LogP contribution in [0, 0.1) is 11.3 Å². The SMILES string of the molecule is CN(CCC(=O)O)c1ccc(N=C2C(C#N)=C(c3ccccn3)c3nc(-c4ccccc4)nn32)c2c1ncn2C. The molecule has 4 heterocycles. The number of carboxylic acids is 1. The van der Waals surface area contributed by atoms with Crippen LogP contribution in [0.4, 0.5) is 11.4 Å². The van der Waals surface area contributed by atoms with E-state index >= 15 is 0 Å². The minimum absolute atomic E-state index is 0.000322. The predicted octanol–water partition coefficient (Wildman–Crippen LogP) is 4.06. The van der Waals surface area contributed by atoms with E-state index in [-0.39, 0.29) is 6.42 Å². The Bertz CT molecular complexity index is 1860. The number of nitrogens with zero attached hydrogens (tertiary/aromatic N) is 9. The van der Waals surface area contributed by atoms with E-state index in [1.807, 2.05) is 84.2 Å². The molecule has 0 fully saturated rings. The zero-order chi connectivity index (χ0) is 27.8. The predicted molar refractivity (Wildman–Crippen MR) is 150 cm³/mol. The summed E-state index contributed by atoms with van der Waals surface area (Å²) in [4.78, 5) is 31.8. The number of anilines is 1. The summed E-state index contributed by atoms with van der Waals surface area (Å²) in [5.74, 6) is 0.461. The van der Waals surface area contributed by atoms with E-state index in [4.69, 9.17) is 20.2 Å². The number of aryl methyl sites for hydroxylation is 1. The number of rotatable bonds is 7. The van der Waals surface area contributed by atoms with Crippen LogP contribution < -0.4 is 4.90 Å². The van der Waals surface area contributed by atoms with E-state index in [0.29, 0.717) is 52.1 Å². The van der Waals surface area contributed by atoms with Crippen molar-refractivity contribution in [2.75, 3.05) is 18.5 Å². The van der Waals surface area contributed by atoms with Crippen LogP contribution in [0.25, 0.3) is 28.0 Å². The van der Waals surface area contributed by atoms with Crippen LogP contribution in [0.3, 0.4) is 0 Å². The fourth-order valence-corrected chi connectivity index (χ4v) is 4.75. The summed E-state index contributed by atoms with van der Waals surface area (Å²) in [5, 5.41) is 24.2. The molecule has 3 aromatic heterocycles. The highest BCUT2D eigenvalue weighted by molar-refractivity contribution is 6.17. The van der Waals surface area contributed by atoms with Gasteiger partial charge < -0.3 is 14.6 Å². The second-order valence-corrected chi connectivity index (χ2v) is 9.27. The van der Waals surface area contributed by atoms with Gasteiger partial charge in [0, 0.05) is 32.4 Å². The topological polar surface area (TPSA) is 138 Å². The summed E-state index contributed by atoms with van der Waals surface area (Å²) in [6.45, 7) is 0.328. The molecule has 0 radical (unpaired) electrons. The highest BCUT2D eigenvalue weighted by Crippen LogP contribution is 2.37. The second kappa shape index (κ2) is 9.92. The van der Waals surface area contributed by atoms with E-state index < -0.39 is 5.97 Å². The largest absolute Gasteiger partial charge is 0.481 e. The van der Waals surface area contributed by atoms with E-state index in [1.54, 1.807) is 17.2 Å². The van der Waals surface area contributed by atoms with Gasteiger partial charge in [-0.05, 0) is 24.3 Å². The molecule has 0 aliphatic carbocycles. The molecule has 0 saturated carbocycles. The summed E-state index contributed by atoms with van der Waals surface area (Å²) in [6, 6.07) is 21.1. The standard InChI is InChI=1S/C29H23N9O2/c1-36(15-13-23(39)40)22-12-11-21(26-25(22)32-17-37(26)2)33-28-19(16-30)24(20-10-6-7-14-31-20)29-34-27(35-38(28)29)18-8-4-3-5-9-18/h3-12,14,17H,13,15H2,1-2H3,(H,39,40). The summed E-state index contributed by atoms with van der Waals surface area (Å²) >= 11 is 0. The van der Waals surface area contributed by atoms with Gasteiger partial charge in [0.2, 0.25) is 0 Å². The van der Waals surface area contributed by atoms with E-state index in [2.05, 4.69) is 16.0 Å². The van der Waals surface area contributed by atoms with Crippen molar-refractivity contribution in [3.63, 3.8) is 0 Å². The Kier molecular flexibility index (Phi) is 6.12. The Hall–Kier alpha value is -5.63. The summed E-state index contributed by atoms with van der Waals surface area (Å²) in [5.41, 5.74) is 5.08. The molecule has 0 bridgehead atoms. The number of aromatic nitrogens is 6. The number of allylic oxidation sites excluding steroid dienone is 1. The van der Waals surface area contributed by atoms with Crippen LogP contribution in [-0.2, 0) is 11.8 Å². The number of aliphatic carboxylic acids is 1. The number of carboxylic acid groups (broad SMARTS) is 1. The lowest BCUT2D eigenvalue weighted by Gasteiger charge is -2.19. The molecule has 196 valence electrons. The lowest BCUT2D eigenvalue weighted by Crippen LogP contribution is -2.21. The Balaban J connectivity index is 1.54. The van der Waals surface area contributed by atoms with Crippen molar-refractivity contribution >= 4 is 39.8 Å². The molecular formula is C29H23N9O2. The van der Waals surface area contributed by atoms with Crippen molar-refractivity contribution in [3.8, 4) is 17.5 Å². The van der Waals surface area contributed by atoms with Crippen LogP contribution >= 0.6 is 0 Å². The van der Waals surface area contributed by atoms with Crippen LogP contribution in [0.5, 0.6) is 0 Å². The molecule has 0 spiro atoms. The fourth-order valence-electron chi connectivity index (χ4n) is 4.75. The number of benzene rings is 2. The third-order valence-electron chi connectivity index (χ3n) is 6.69. The molecule has 11 nitrogen and oxygen atoms in total. The molecule has 5 aromatic rings. The van der Waals surface area contributed by atoms with E-state index in [0.717, 1.165) is 16.8 Å². The molecule has 0 unspecified atom stereocenters. The number of fused-ring (bicyclic) bond motifs is 2. The lowest BCUT2D eigenvalue weighted by atomic mass is 10.1. The normalized spacial score (nSPS) is 13.6. The second-order valence-electron chi connectivity index (χ2n) is 9.27. The van der Waals surface area contributed by atoms with E-state index in [9.17, 15) is 10.1 Å². The van der Waals surface area contributed by atoms with Crippen molar-refractivity contribution in [2.45, 2.75) is 6.42 Å². The van der Waals surface area contributed by atoms with Gasteiger partial charge in [0.05, 0.1) is 40.9 Å². The van der Waals surface area contributed by atoms with Crippen molar-refractivity contribution in [1.82, 2.24) is 29.3 Å². The molecule has 0 atom stereocenters. The number of pyridine rings is 1. The van der Waals surface area contributed by atoms with Gasteiger partial charge in [-0.1, -0.05) is 36.4 Å². The van der Waals surface area contributed by atoms with Gasteiger partial charge in [-0.25, -0.2) is 15.0 Å². The summed E-state index contributed by atoms with van der Waals surface area (Å²) in [7, 11) is 3.70. The molecule has 40 heavy (non-hydrogen) atoms. The molecule has 2 aromatic carbocycles. The van der Waals surface area contributed by atoms with Crippen LogP contribution in [0.2, 0.25) is 0 Å². The Morgan fingerprint density at radius 2 is 1.90 bits per heavy atom. The van der Waals surface area contributed by atoms with Crippen molar-refractivity contribution in [3.05, 3.63) is 90.3 Å². The number of hydrogen-bond donors (Lipinski definition) is 1. The number of carbonyl (C=O) groups is 1. The van der Waals surface area contributed by atoms with Gasteiger partial charge in [0.1, 0.15) is 17.2 Å². The lowest BCUT2D eigenvalue weighted by molar-refractivity contribution is -0.136. The van der Waals surface area contributed by atoms with E-state index in [1.165, 1.54) is 0 Å². The molecule has 1 N–H and O–H groups in total. The van der Waals surface area contributed by atoms with Crippen LogP contribution in [0.15, 0.2) is 83.8 Å². The fraction of sp³-hybridized carbons (Fsp3) is 0.138. The zero-order valence-electron chi connectivity index (χ0n) is 21.7. The number of nitriles is 1. The van der Waals surface area contributed by atoms with Crippen molar-refractivity contribution < 1.29 is 9.90 Å². The highest BCUT2D eigenvalue weighted by Gasteiger charge is 2.34. The first-order chi connectivity index (χ1) is 19.5. The van der Waals surface area contributed by atoms with Gasteiger partial charge in [-0.3, -0.25) is 9.78 Å². The van der Waals surface area contributed by atoms with Crippen LogP contribution in [0.1, 0.15) is 17.9 Å². The summed E-state index contributed by atoms with van der Waals surface area (Å²) in [6.07, 6.45) is 3.36. The van der Waals surface area contributed by atoms with Gasteiger partial charge in [0.15, 0.2) is 17.5 Å². The molecule has 11 heteroatoms. The maximum absolute atomic E-state index is 11.1. The maximum atomic E-state index is 11.1. The molecule has 1 aliphatic heterocycles. The minimum Gasteiger partial charge on any atom is -0.481 e. The first kappa shape index (κ1) is 24.7. The smallest absolute Gasteiger partial charge is 0.305 e. The minimum atomic E-state index is -0.869. The molecular weight excluding hydrogens is 506 g/mol. The van der Waals surface area contributed by atoms with Crippen LogP contribution in [-0.4, -0.2) is 59.8 Å². The summed E-state index contributed by atoms with van der Waals surface area (Å²) < 4.78 is 3.45. The first-order valence-electron chi connectivity index (χ1n) is 12.5. The van der Waals surface area contributed by atoms with Gasteiger partial charge in [-0.15, -0.1) is 5.10 Å². The Morgan fingerprint density at radius 1 is 1.10 bits per heavy atom. The van der Waals surface area contributed by atoms with Crippen molar-refractivity contribution in [2.24, 2.45) is 12.0 Å². The quantitative estimate of drug-likeness (QED) is 0.333. The van der Waals surface area contributed by atoms with Crippen molar-refractivity contribution in [1.29, 1.82) is 5.26 Å². The average molecular weight is 530 g/mol. The Morgan fingerprint density at radius 3 is 2.62 bits per heavy atom. The number of aliphatic imine (C=N–C) groups is 1.